The van der Waals surface area contributed by atoms with Crippen molar-refractivity contribution in [3.63, 3.8) is 0 Å². The first kappa shape index (κ1) is 23.0. The molecule has 0 spiro atoms. The Morgan fingerprint density at radius 2 is 1.71 bits per heavy atom. The van der Waals surface area contributed by atoms with Crippen molar-refractivity contribution in [3.05, 3.63) is 88.4 Å². The van der Waals surface area contributed by atoms with Gasteiger partial charge in [-0.25, -0.2) is 0 Å². The van der Waals surface area contributed by atoms with Crippen molar-refractivity contribution >= 4 is 35.0 Å². The van der Waals surface area contributed by atoms with Gasteiger partial charge in [-0.3, -0.25) is 4.79 Å². The smallest absolute Gasteiger partial charge is 0.416 e. The van der Waals surface area contributed by atoms with E-state index < -0.39 is 17.6 Å². The van der Waals surface area contributed by atoms with E-state index in [0.717, 1.165) is 22.6 Å². The molecule has 0 aromatic heterocycles. The summed E-state index contributed by atoms with van der Waals surface area (Å²) >= 11 is 7.49. The molecule has 0 unspecified atom stereocenters. The van der Waals surface area contributed by atoms with E-state index in [9.17, 15) is 18.0 Å². The Balaban J connectivity index is 1.75. The number of amides is 1. The quantitative estimate of drug-likeness (QED) is 0.372. The zero-order valence-electron chi connectivity index (χ0n) is 16.5. The van der Waals surface area contributed by atoms with E-state index in [1.54, 1.807) is 42.1 Å². The highest BCUT2D eigenvalue weighted by atomic mass is 35.5. The fourth-order valence-electron chi connectivity index (χ4n) is 2.77. The van der Waals surface area contributed by atoms with Crippen LogP contribution in [-0.2, 0) is 11.9 Å². The molecule has 0 saturated heterocycles. The Bertz CT molecular complexity index is 1040. The summed E-state index contributed by atoms with van der Waals surface area (Å²) in [6, 6.07) is 16.8. The Labute approximate surface area is 187 Å². The summed E-state index contributed by atoms with van der Waals surface area (Å²) in [4.78, 5) is 13.7. The molecule has 162 valence electrons. The Kier molecular flexibility index (Phi) is 7.51. The van der Waals surface area contributed by atoms with E-state index in [4.69, 9.17) is 16.3 Å². The molecular formula is C23H19ClF3NO2S. The molecule has 0 bridgehead atoms. The molecule has 1 N–H and O–H groups in total. The van der Waals surface area contributed by atoms with Gasteiger partial charge in [0.2, 0.25) is 0 Å². The Hall–Kier alpha value is -2.64. The average Bonchev–Trinajstić information content (AvgIpc) is 2.74. The van der Waals surface area contributed by atoms with Crippen molar-refractivity contribution in [1.82, 2.24) is 0 Å². The summed E-state index contributed by atoms with van der Waals surface area (Å²) in [5, 5.41) is 3.28. The molecule has 0 aliphatic heterocycles. The molecule has 0 heterocycles. The molecule has 3 aromatic rings. The molecule has 0 fully saturated rings. The van der Waals surface area contributed by atoms with Crippen LogP contribution in [0.5, 0.6) is 5.75 Å². The van der Waals surface area contributed by atoms with E-state index in [1.807, 2.05) is 19.1 Å². The summed E-state index contributed by atoms with van der Waals surface area (Å²) < 4.78 is 43.8. The lowest BCUT2D eigenvalue weighted by Crippen LogP contribution is -2.13. The van der Waals surface area contributed by atoms with Crippen molar-refractivity contribution in [3.8, 4) is 5.75 Å². The molecule has 0 aliphatic rings. The van der Waals surface area contributed by atoms with Gasteiger partial charge in [-0.1, -0.05) is 11.6 Å². The first-order valence-corrected chi connectivity index (χ1v) is 10.8. The standard InChI is InChI=1S/C23H19ClF3NO2S/c1-2-30-21-12-3-15(13-16(21)14-31-20-10-6-18(24)7-11-20)22(29)28-19-8-4-17(5-9-19)23(25,26)27/h3-13H,2,14H2,1H3,(H,28,29). The third-order valence-corrected chi connectivity index (χ3v) is 5.61. The minimum atomic E-state index is -4.42. The van der Waals surface area contributed by atoms with E-state index in [-0.39, 0.29) is 5.69 Å². The van der Waals surface area contributed by atoms with Crippen LogP contribution >= 0.6 is 23.4 Å². The van der Waals surface area contributed by atoms with Crippen molar-refractivity contribution in [2.75, 3.05) is 11.9 Å². The van der Waals surface area contributed by atoms with Gasteiger partial charge in [0.15, 0.2) is 0 Å². The van der Waals surface area contributed by atoms with E-state index in [2.05, 4.69) is 5.32 Å². The minimum Gasteiger partial charge on any atom is -0.494 e. The molecule has 0 saturated carbocycles. The van der Waals surface area contributed by atoms with Crippen molar-refractivity contribution < 1.29 is 22.7 Å². The number of alkyl halides is 3. The normalized spacial score (nSPS) is 11.3. The highest BCUT2D eigenvalue weighted by molar-refractivity contribution is 7.98. The van der Waals surface area contributed by atoms with Crippen molar-refractivity contribution in [1.29, 1.82) is 0 Å². The number of anilines is 1. The third kappa shape index (κ3) is 6.42. The van der Waals surface area contributed by atoms with Gasteiger partial charge in [-0.2, -0.15) is 13.2 Å². The number of hydrogen-bond donors (Lipinski definition) is 1. The van der Waals surface area contributed by atoms with Crippen LogP contribution in [-0.4, -0.2) is 12.5 Å². The topological polar surface area (TPSA) is 38.3 Å². The number of halogens is 4. The first-order chi connectivity index (χ1) is 14.8. The summed E-state index contributed by atoms with van der Waals surface area (Å²) in [7, 11) is 0. The molecule has 0 atom stereocenters. The molecular weight excluding hydrogens is 447 g/mol. The highest BCUT2D eigenvalue weighted by Crippen LogP contribution is 2.31. The van der Waals surface area contributed by atoms with Crippen LogP contribution < -0.4 is 10.1 Å². The van der Waals surface area contributed by atoms with Gasteiger partial charge in [0.05, 0.1) is 12.2 Å². The zero-order chi connectivity index (χ0) is 22.4. The predicted molar refractivity (Wildman–Crippen MR) is 118 cm³/mol. The van der Waals surface area contributed by atoms with E-state index >= 15 is 0 Å². The maximum atomic E-state index is 12.7. The number of ether oxygens (including phenoxy) is 1. The number of nitrogens with one attached hydrogen (secondary N) is 1. The Morgan fingerprint density at radius 3 is 2.32 bits per heavy atom. The van der Waals surface area contributed by atoms with Gasteiger partial charge < -0.3 is 10.1 Å². The number of carbonyl (C=O) groups is 1. The van der Waals surface area contributed by atoms with E-state index in [1.165, 1.54) is 12.1 Å². The van der Waals surface area contributed by atoms with Gasteiger partial charge in [0.25, 0.3) is 5.91 Å². The number of thioether (sulfide) groups is 1. The maximum Gasteiger partial charge on any atom is 0.416 e. The van der Waals surface area contributed by atoms with Gasteiger partial charge in [0.1, 0.15) is 5.75 Å². The predicted octanol–water partition coefficient (Wildman–Crippen LogP) is 7.30. The zero-order valence-corrected chi connectivity index (χ0v) is 18.1. The lowest BCUT2D eigenvalue weighted by atomic mass is 10.1. The minimum absolute atomic E-state index is 0.281. The summed E-state index contributed by atoms with van der Waals surface area (Å²) in [5.74, 6) is 0.828. The second-order valence-electron chi connectivity index (χ2n) is 6.53. The molecule has 3 nitrogen and oxygen atoms in total. The number of carbonyl (C=O) groups excluding carboxylic acids is 1. The SMILES string of the molecule is CCOc1ccc(C(=O)Nc2ccc(C(F)(F)F)cc2)cc1CSc1ccc(Cl)cc1. The molecule has 31 heavy (non-hydrogen) atoms. The second-order valence-corrected chi connectivity index (χ2v) is 8.01. The molecule has 3 rings (SSSR count). The van der Waals surface area contributed by atoms with Crippen molar-refractivity contribution in [2.45, 2.75) is 23.7 Å². The first-order valence-electron chi connectivity index (χ1n) is 9.39. The summed E-state index contributed by atoms with van der Waals surface area (Å²) in [6.07, 6.45) is -4.42. The van der Waals surface area contributed by atoms with Crippen LogP contribution in [0, 0.1) is 0 Å². The fraction of sp³-hybridized carbons (Fsp3) is 0.174. The average molecular weight is 466 g/mol. The maximum absolute atomic E-state index is 12.7. The van der Waals surface area contributed by atoms with Crippen LogP contribution in [0.3, 0.4) is 0 Å². The molecule has 8 heteroatoms. The number of benzene rings is 3. The Morgan fingerprint density at radius 1 is 1.03 bits per heavy atom. The monoisotopic (exact) mass is 465 g/mol. The van der Waals surface area contributed by atoms with Crippen LogP contribution in [0.1, 0.15) is 28.4 Å². The van der Waals surface area contributed by atoms with Gasteiger partial charge >= 0.3 is 6.18 Å². The molecule has 1 amide bonds. The van der Waals surface area contributed by atoms with Gasteiger partial charge in [-0.15, -0.1) is 11.8 Å². The third-order valence-electron chi connectivity index (χ3n) is 4.30. The largest absolute Gasteiger partial charge is 0.494 e. The summed E-state index contributed by atoms with van der Waals surface area (Å²) in [6.45, 7) is 2.36. The lowest BCUT2D eigenvalue weighted by Gasteiger charge is -2.13. The number of hydrogen-bond acceptors (Lipinski definition) is 3. The highest BCUT2D eigenvalue weighted by Gasteiger charge is 2.30. The van der Waals surface area contributed by atoms with Crippen LogP contribution in [0.15, 0.2) is 71.6 Å². The molecule has 0 radical (unpaired) electrons. The van der Waals surface area contributed by atoms with Crippen LogP contribution in [0.2, 0.25) is 5.02 Å². The molecule has 0 aliphatic carbocycles. The second kappa shape index (κ2) is 10.1. The fourth-order valence-corrected chi connectivity index (χ4v) is 3.77. The number of rotatable bonds is 7. The van der Waals surface area contributed by atoms with E-state index in [0.29, 0.717) is 28.7 Å². The van der Waals surface area contributed by atoms with Gasteiger partial charge in [-0.05, 0) is 73.7 Å². The summed E-state index contributed by atoms with van der Waals surface area (Å²) in [5.41, 5.74) is 0.731. The molecule has 3 aromatic carbocycles. The van der Waals surface area contributed by atoms with Gasteiger partial charge in [0, 0.05) is 32.5 Å². The van der Waals surface area contributed by atoms with Crippen LogP contribution in [0.4, 0.5) is 18.9 Å². The van der Waals surface area contributed by atoms with Crippen LogP contribution in [0.25, 0.3) is 0 Å². The lowest BCUT2D eigenvalue weighted by molar-refractivity contribution is -0.137. The van der Waals surface area contributed by atoms with Crippen molar-refractivity contribution in [2.24, 2.45) is 0 Å².